The van der Waals surface area contributed by atoms with Gasteiger partial charge in [0.2, 0.25) is 0 Å². The monoisotopic (exact) mass is 516 g/mol. The number of alkyl halides is 14. The van der Waals surface area contributed by atoms with Gasteiger partial charge in [0.05, 0.1) is 0 Å². The molecular formula is C15H6F14O4. The van der Waals surface area contributed by atoms with E-state index in [0.717, 1.165) is 0 Å². The fourth-order valence-electron chi connectivity index (χ4n) is 1.72. The van der Waals surface area contributed by atoms with E-state index in [-0.39, 0.29) is 6.07 Å². The van der Waals surface area contributed by atoms with Crippen LogP contribution in [0.2, 0.25) is 0 Å². The maximum absolute atomic E-state index is 13.2. The van der Waals surface area contributed by atoms with Crippen molar-refractivity contribution in [1.29, 1.82) is 0 Å². The van der Waals surface area contributed by atoms with Crippen LogP contribution in [0.5, 0.6) is 5.75 Å². The predicted octanol–water partition coefficient (Wildman–Crippen LogP) is 5.30. The number of carbonyl (C=O) groups excluding carboxylic acids is 2. The minimum absolute atomic E-state index is 0.257. The Morgan fingerprint density at radius 2 is 1.09 bits per heavy atom. The highest BCUT2D eigenvalue weighted by atomic mass is 19.4. The minimum atomic E-state index is -6.88. The van der Waals surface area contributed by atoms with E-state index in [0.29, 0.717) is 18.2 Å². The van der Waals surface area contributed by atoms with Crippen molar-refractivity contribution >= 4 is 11.9 Å². The molecule has 0 fully saturated rings. The molecule has 0 saturated heterocycles. The number of rotatable bonds is 7. The number of benzene rings is 1. The van der Waals surface area contributed by atoms with Crippen LogP contribution in [0.3, 0.4) is 0 Å². The molecule has 0 heterocycles. The van der Waals surface area contributed by atoms with Crippen LogP contribution < -0.4 is 4.74 Å². The van der Waals surface area contributed by atoms with Crippen molar-refractivity contribution < 1.29 is 80.5 Å². The van der Waals surface area contributed by atoms with E-state index in [1.807, 2.05) is 0 Å². The molecule has 1 rings (SSSR count). The Morgan fingerprint density at radius 1 is 0.667 bits per heavy atom. The van der Waals surface area contributed by atoms with E-state index in [4.69, 9.17) is 0 Å². The average Bonchev–Trinajstić information content (AvgIpc) is 2.64. The second-order valence-corrected chi connectivity index (χ2v) is 5.91. The normalized spacial score (nSPS) is 14.1. The van der Waals surface area contributed by atoms with Gasteiger partial charge in [-0.3, -0.25) is 0 Å². The fraction of sp³-hybridized carbons (Fsp3) is 0.467. The molecule has 0 radical (unpaired) electrons. The molecule has 0 aliphatic heterocycles. The summed E-state index contributed by atoms with van der Waals surface area (Å²) in [6.45, 7) is -1.57. The van der Waals surface area contributed by atoms with E-state index >= 15 is 0 Å². The van der Waals surface area contributed by atoms with E-state index in [2.05, 4.69) is 9.47 Å². The molecule has 188 valence electrons. The minimum Gasteiger partial charge on any atom is -0.456 e. The molecule has 0 N–H and O–H groups in total. The fourth-order valence-corrected chi connectivity index (χ4v) is 1.72. The van der Waals surface area contributed by atoms with Crippen molar-refractivity contribution in [3.63, 3.8) is 0 Å². The van der Waals surface area contributed by atoms with Gasteiger partial charge in [-0.25, -0.2) is 9.59 Å². The van der Waals surface area contributed by atoms with Gasteiger partial charge in [0.1, 0.15) is 12.4 Å². The second-order valence-electron chi connectivity index (χ2n) is 5.91. The third-order valence-corrected chi connectivity index (χ3v) is 3.49. The van der Waals surface area contributed by atoms with E-state index in [1.54, 1.807) is 0 Å². The van der Waals surface area contributed by atoms with Crippen LogP contribution in [-0.2, 0) is 20.9 Å². The molecule has 0 aliphatic rings. The van der Waals surface area contributed by atoms with Gasteiger partial charge in [-0.15, -0.1) is 0 Å². The lowest BCUT2D eigenvalue weighted by atomic mass is 10.1. The first-order valence-electron chi connectivity index (χ1n) is 7.63. The molecule has 0 unspecified atom stereocenters. The first-order chi connectivity index (χ1) is 14.5. The summed E-state index contributed by atoms with van der Waals surface area (Å²) in [5.41, 5.74) is -0.731. The SMILES string of the molecule is O=C(OCc1cccc(OC(=O)C(F)(F)C(F)(F)C(F)(F)F)c1)C(F)(F)C(F)(F)C(F)(F)F. The molecule has 0 bridgehead atoms. The van der Waals surface area contributed by atoms with Crippen molar-refractivity contribution in [1.82, 2.24) is 0 Å². The molecule has 33 heavy (non-hydrogen) atoms. The zero-order valence-corrected chi connectivity index (χ0v) is 14.9. The van der Waals surface area contributed by atoms with Gasteiger partial charge in [0.15, 0.2) is 0 Å². The van der Waals surface area contributed by atoms with Crippen LogP contribution in [0.1, 0.15) is 5.56 Å². The molecular weight excluding hydrogens is 510 g/mol. The maximum atomic E-state index is 13.2. The Labute approximate surface area is 172 Å². The molecule has 1 aromatic carbocycles. The smallest absolute Gasteiger partial charge is 0.456 e. The largest absolute Gasteiger partial charge is 0.460 e. The van der Waals surface area contributed by atoms with Crippen LogP contribution in [0.25, 0.3) is 0 Å². The second kappa shape index (κ2) is 8.51. The van der Waals surface area contributed by atoms with Crippen molar-refractivity contribution in [2.75, 3.05) is 0 Å². The molecule has 0 spiro atoms. The number of ether oxygens (including phenoxy) is 2. The number of halogens is 14. The Bertz CT molecular complexity index is 887. The lowest BCUT2D eigenvalue weighted by molar-refractivity contribution is -0.348. The number of esters is 2. The zero-order valence-electron chi connectivity index (χ0n) is 14.9. The first kappa shape index (κ1) is 28.2. The lowest BCUT2D eigenvalue weighted by Gasteiger charge is -2.26. The molecule has 18 heteroatoms. The quantitative estimate of drug-likeness (QED) is 0.281. The van der Waals surface area contributed by atoms with Gasteiger partial charge >= 0.3 is 48.0 Å². The van der Waals surface area contributed by atoms with Gasteiger partial charge in [-0.1, -0.05) is 12.1 Å². The van der Waals surface area contributed by atoms with Crippen LogP contribution in [0, 0.1) is 0 Å². The van der Waals surface area contributed by atoms with Crippen LogP contribution in [-0.4, -0.2) is 48.0 Å². The molecule has 0 aliphatic carbocycles. The Morgan fingerprint density at radius 3 is 1.52 bits per heavy atom. The van der Waals surface area contributed by atoms with Gasteiger partial charge in [0, 0.05) is 0 Å². The van der Waals surface area contributed by atoms with Crippen molar-refractivity contribution in [2.45, 2.75) is 42.6 Å². The lowest BCUT2D eigenvalue weighted by Crippen LogP contribution is -2.57. The summed E-state index contributed by atoms with van der Waals surface area (Å²) in [6.07, 6.45) is -13.7. The molecule has 1 aromatic rings. The van der Waals surface area contributed by atoms with Crippen LogP contribution in [0.4, 0.5) is 61.5 Å². The Balaban J connectivity index is 2.99. The van der Waals surface area contributed by atoms with Gasteiger partial charge in [-0.05, 0) is 17.7 Å². The predicted molar refractivity (Wildman–Crippen MR) is 73.8 cm³/mol. The van der Waals surface area contributed by atoms with Crippen molar-refractivity contribution in [2.24, 2.45) is 0 Å². The maximum Gasteiger partial charge on any atom is 0.460 e. The topological polar surface area (TPSA) is 52.6 Å². The average molecular weight is 516 g/mol. The van der Waals surface area contributed by atoms with Crippen molar-refractivity contribution in [3.8, 4) is 5.75 Å². The van der Waals surface area contributed by atoms with Crippen LogP contribution >= 0.6 is 0 Å². The van der Waals surface area contributed by atoms with Crippen molar-refractivity contribution in [3.05, 3.63) is 29.8 Å². The number of hydrogen-bond donors (Lipinski definition) is 0. The standard InChI is InChI=1S/C15H6F14O4/c16-10(17,12(20,21)14(24,25)26)8(30)32-5-6-2-1-3-7(4-6)33-9(31)11(18,19)13(22,23)15(27,28)29/h1-4H,5H2. The third-order valence-electron chi connectivity index (χ3n) is 3.49. The summed E-state index contributed by atoms with van der Waals surface area (Å²) in [5.74, 6) is -34.6. The van der Waals surface area contributed by atoms with Gasteiger partial charge in [-0.2, -0.15) is 61.5 Å². The Kier molecular flexibility index (Phi) is 7.28. The molecule has 0 saturated carbocycles. The highest BCUT2D eigenvalue weighted by Crippen LogP contribution is 2.48. The highest BCUT2D eigenvalue weighted by Gasteiger charge is 2.78. The summed E-state index contributed by atoms with van der Waals surface area (Å²) in [5, 5.41) is 0. The third kappa shape index (κ3) is 5.23. The highest BCUT2D eigenvalue weighted by molar-refractivity contribution is 5.81. The molecule has 0 aromatic heterocycles. The van der Waals surface area contributed by atoms with Crippen LogP contribution in [0.15, 0.2) is 24.3 Å². The summed E-state index contributed by atoms with van der Waals surface area (Å²) >= 11 is 0. The summed E-state index contributed by atoms with van der Waals surface area (Å²) in [7, 11) is 0. The molecule has 0 atom stereocenters. The van der Waals surface area contributed by atoms with E-state index < -0.39 is 65.9 Å². The number of hydrogen-bond acceptors (Lipinski definition) is 4. The Hall–Kier alpha value is -2.82. The molecule has 0 amide bonds. The zero-order chi connectivity index (χ0) is 26.3. The summed E-state index contributed by atoms with van der Waals surface area (Å²) in [6, 6.07) is 2.09. The van der Waals surface area contributed by atoms with E-state index in [1.165, 1.54) is 0 Å². The molecule has 4 nitrogen and oxygen atoms in total. The summed E-state index contributed by atoms with van der Waals surface area (Å²) in [4.78, 5) is 22.1. The number of carbonyl (C=O) groups is 2. The van der Waals surface area contributed by atoms with Gasteiger partial charge in [0.25, 0.3) is 0 Å². The van der Waals surface area contributed by atoms with Gasteiger partial charge < -0.3 is 9.47 Å². The summed E-state index contributed by atoms with van der Waals surface area (Å²) < 4.78 is 183. The first-order valence-corrected chi connectivity index (χ1v) is 7.63. The van der Waals surface area contributed by atoms with E-state index in [9.17, 15) is 71.1 Å².